The number of carboxylic acids is 1. The minimum absolute atomic E-state index is 0.284. The van der Waals surface area contributed by atoms with Crippen molar-refractivity contribution in [2.75, 3.05) is 0 Å². The Kier molecular flexibility index (Phi) is 15.4. The van der Waals surface area contributed by atoms with Gasteiger partial charge in [-0.05, 0) is 25.7 Å². The van der Waals surface area contributed by atoms with Crippen LogP contribution in [0.1, 0.15) is 45.4 Å². The van der Waals surface area contributed by atoms with Crippen molar-refractivity contribution in [3.05, 3.63) is 72.9 Å². The molecule has 0 bridgehead atoms. The molecule has 0 aromatic carbocycles. The van der Waals surface area contributed by atoms with Gasteiger partial charge in [-0.3, -0.25) is 4.79 Å². The van der Waals surface area contributed by atoms with Gasteiger partial charge in [0.05, 0.1) is 0 Å². The minimum atomic E-state index is -0.702. The molecule has 0 aliphatic heterocycles. The molecular formula is C20H28O2. The highest BCUT2D eigenvalue weighted by Crippen LogP contribution is 2.03. The van der Waals surface area contributed by atoms with Crippen LogP contribution in [-0.4, -0.2) is 11.1 Å². The lowest BCUT2D eigenvalue weighted by Crippen LogP contribution is -1.93. The van der Waals surface area contributed by atoms with Crippen molar-refractivity contribution < 1.29 is 9.90 Å². The van der Waals surface area contributed by atoms with Crippen molar-refractivity contribution in [1.29, 1.82) is 0 Å². The Bertz CT molecular complexity index is 435. The van der Waals surface area contributed by atoms with Crippen molar-refractivity contribution in [2.24, 2.45) is 0 Å². The van der Waals surface area contributed by atoms with Crippen LogP contribution < -0.4 is 0 Å². The van der Waals surface area contributed by atoms with E-state index in [2.05, 4.69) is 19.1 Å². The van der Waals surface area contributed by atoms with Crippen LogP contribution in [0.25, 0.3) is 0 Å². The van der Waals surface area contributed by atoms with Crippen molar-refractivity contribution >= 4 is 5.97 Å². The standard InChI is InChI=1S/C20H28O2/c1-2-3-4-5-6-7-8-9-10-11-12-13-14-15-16-17-18-19-20(21)22/h3-14H,2,15-19H2,1H3,(H,21,22)/b4-3+,6-5+,8-7+,10-9+,12-11+,14-13+. The number of unbranched alkanes of at least 4 members (excludes halogenated alkanes) is 3. The van der Waals surface area contributed by atoms with E-state index in [0.29, 0.717) is 0 Å². The van der Waals surface area contributed by atoms with Gasteiger partial charge in [-0.25, -0.2) is 0 Å². The second-order valence-electron chi connectivity index (χ2n) is 4.80. The van der Waals surface area contributed by atoms with Gasteiger partial charge in [0.25, 0.3) is 0 Å². The van der Waals surface area contributed by atoms with Crippen LogP contribution in [0.3, 0.4) is 0 Å². The molecular weight excluding hydrogens is 272 g/mol. The first-order valence-electron chi connectivity index (χ1n) is 7.97. The van der Waals surface area contributed by atoms with Crippen molar-refractivity contribution in [1.82, 2.24) is 0 Å². The first-order chi connectivity index (χ1) is 10.8. The molecule has 0 rings (SSSR count). The van der Waals surface area contributed by atoms with Gasteiger partial charge in [-0.15, -0.1) is 0 Å². The first kappa shape index (κ1) is 19.9. The number of rotatable bonds is 12. The summed E-state index contributed by atoms with van der Waals surface area (Å²) < 4.78 is 0. The SMILES string of the molecule is CC/C=C/C=C/C=C/C=C/C=C/C=C/CCCCCC(=O)O. The zero-order valence-corrected chi connectivity index (χ0v) is 13.5. The highest BCUT2D eigenvalue weighted by Gasteiger charge is 1.94. The summed E-state index contributed by atoms with van der Waals surface area (Å²) in [7, 11) is 0. The van der Waals surface area contributed by atoms with Gasteiger partial charge in [-0.2, -0.15) is 0 Å². The second-order valence-corrected chi connectivity index (χ2v) is 4.80. The van der Waals surface area contributed by atoms with Gasteiger partial charge >= 0.3 is 5.97 Å². The van der Waals surface area contributed by atoms with Crippen molar-refractivity contribution in [3.63, 3.8) is 0 Å². The third-order valence-corrected chi connectivity index (χ3v) is 2.77. The molecule has 0 aromatic heterocycles. The summed E-state index contributed by atoms with van der Waals surface area (Å²) in [5.41, 5.74) is 0. The quantitative estimate of drug-likeness (QED) is 0.367. The number of hydrogen-bond acceptors (Lipinski definition) is 1. The Morgan fingerprint density at radius 2 is 1.23 bits per heavy atom. The number of hydrogen-bond donors (Lipinski definition) is 1. The van der Waals surface area contributed by atoms with Gasteiger partial charge in [-0.1, -0.05) is 86.3 Å². The molecule has 0 radical (unpaired) electrons. The maximum absolute atomic E-state index is 10.3. The molecule has 22 heavy (non-hydrogen) atoms. The summed E-state index contributed by atoms with van der Waals surface area (Å²) in [5.74, 6) is -0.702. The van der Waals surface area contributed by atoms with Crippen LogP contribution in [0.5, 0.6) is 0 Å². The number of aliphatic carboxylic acids is 1. The van der Waals surface area contributed by atoms with E-state index in [1.807, 2.05) is 60.8 Å². The van der Waals surface area contributed by atoms with Crippen molar-refractivity contribution in [2.45, 2.75) is 45.4 Å². The normalized spacial score (nSPS) is 13.1. The Labute approximate surface area is 134 Å². The average Bonchev–Trinajstić information content (AvgIpc) is 2.50. The fourth-order valence-electron chi connectivity index (χ4n) is 1.62. The van der Waals surface area contributed by atoms with E-state index in [9.17, 15) is 4.79 Å². The first-order valence-corrected chi connectivity index (χ1v) is 7.97. The fraction of sp³-hybridized carbons (Fsp3) is 0.350. The van der Waals surface area contributed by atoms with Gasteiger partial charge in [0.2, 0.25) is 0 Å². The fourth-order valence-corrected chi connectivity index (χ4v) is 1.62. The highest BCUT2D eigenvalue weighted by atomic mass is 16.4. The summed E-state index contributed by atoms with van der Waals surface area (Å²) >= 11 is 0. The summed E-state index contributed by atoms with van der Waals surface area (Å²) in [6.45, 7) is 2.11. The molecule has 0 spiro atoms. The number of allylic oxidation sites excluding steroid dienone is 12. The third kappa shape index (κ3) is 17.9. The second kappa shape index (κ2) is 17.0. The summed E-state index contributed by atoms with van der Waals surface area (Å²) in [5, 5.41) is 8.50. The predicted octanol–water partition coefficient (Wildman–Crippen LogP) is 5.77. The predicted molar refractivity (Wildman–Crippen MR) is 95.9 cm³/mol. The lowest BCUT2D eigenvalue weighted by atomic mass is 10.1. The molecule has 1 N–H and O–H groups in total. The van der Waals surface area contributed by atoms with Crippen molar-refractivity contribution in [3.8, 4) is 0 Å². The average molecular weight is 300 g/mol. The summed E-state index contributed by atoms with van der Waals surface area (Å²) in [6, 6.07) is 0. The van der Waals surface area contributed by atoms with Crippen LogP contribution >= 0.6 is 0 Å². The van der Waals surface area contributed by atoms with E-state index in [1.54, 1.807) is 0 Å². The maximum atomic E-state index is 10.3. The topological polar surface area (TPSA) is 37.3 Å². The molecule has 0 amide bonds. The zero-order chi connectivity index (χ0) is 16.3. The summed E-state index contributed by atoms with van der Waals surface area (Å²) in [4.78, 5) is 10.3. The number of carboxylic acid groups (broad SMARTS) is 1. The Morgan fingerprint density at radius 1 is 0.727 bits per heavy atom. The van der Waals surface area contributed by atoms with Gasteiger partial charge in [0, 0.05) is 6.42 Å². The van der Waals surface area contributed by atoms with E-state index < -0.39 is 5.97 Å². The lowest BCUT2D eigenvalue weighted by Gasteiger charge is -1.94. The van der Waals surface area contributed by atoms with Crippen LogP contribution in [0.2, 0.25) is 0 Å². The molecule has 0 aliphatic carbocycles. The molecule has 2 nitrogen and oxygen atoms in total. The molecule has 0 aromatic rings. The highest BCUT2D eigenvalue weighted by molar-refractivity contribution is 5.66. The summed E-state index contributed by atoms with van der Waals surface area (Å²) in [6.07, 6.45) is 29.4. The Balaban J connectivity index is 3.60. The largest absolute Gasteiger partial charge is 0.481 e. The molecule has 0 fully saturated rings. The lowest BCUT2D eigenvalue weighted by molar-refractivity contribution is -0.137. The Hall–Kier alpha value is -2.09. The zero-order valence-electron chi connectivity index (χ0n) is 13.5. The van der Waals surface area contributed by atoms with Gasteiger partial charge in [0.1, 0.15) is 0 Å². The molecule has 0 aliphatic rings. The van der Waals surface area contributed by atoms with E-state index in [1.165, 1.54) is 0 Å². The number of carbonyl (C=O) groups is 1. The minimum Gasteiger partial charge on any atom is -0.481 e. The van der Waals surface area contributed by atoms with E-state index in [-0.39, 0.29) is 6.42 Å². The molecule has 120 valence electrons. The van der Waals surface area contributed by atoms with E-state index in [4.69, 9.17) is 5.11 Å². The monoisotopic (exact) mass is 300 g/mol. The van der Waals surface area contributed by atoms with Gasteiger partial charge < -0.3 is 5.11 Å². The third-order valence-electron chi connectivity index (χ3n) is 2.77. The van der Waals surface area contributed by atoms with Crippen LogP contribution in [0.4, 0.5) is 0 Å². The maximum Gasteiger partial charge on any atom is 0.303 e. The smallest absolute Gasteiger partial charge is 0.303 e. The van der Waals surface area contributed by atoms with E-state index >= 15 is 0 Å². The van der Waals surface area contributed by atoms with E-state index in [0.717, 1.165) is 32.1 Å². The molecule has 0 saturated carbocycles. The van der Waals surface area contributed by atoms with Crippen LogP contribution in [0.15, 0.2) is 72.9 Å². The molecule has 0 atom stereocenters. The van der Waals surface area contributed by atoms with Gasteiger partial charge in [0.15, 0.2) is 0 Å². The molecule has 2 heteroatoms. The molecule has 0 unspecified atom stereocenters. The Morgan fingerprint density at radius 3 is 1.73 bits per heavy atom. The van der Waals surface area contributed by atoms with Crippen LogP contribution in [-0.2, 0) is 4.79 Å². The van der Waals surface area contributed by atoms with Crippen LogP contribution in [0, 0.1) is 0 Å². The molecule has 0 heterocycles. The molecule has 0 saturated heterocycles.